The maximum Gasteiger partial charge on any atom is 0.286 e. The molecule has 1 aliphatic heterocycles. The molecule has 1 aromatic heterocycles. The lowest BCUT2D eigenvalue weighted by Gasteiger charge is -2.13. The van der Waals surface area contributed by atoms with E-state index in [1.165, 1.54) is 11.1 Å². The molecular formula is C32H28ClN3O4S. The molecule has 0 radical (unpaired) electrons. The number of rotatable bonds is 9. The summed E-state index contributed by atoms with van der Waals surface area (Å²) < 4.78 is 12.2. The van der Waals surface area contributed by atoms with Crippen LogP contribution in [-0.2, 0) is 17.6 Å². The molecule has 1 saturated heterocycles. The van der Waals surface area contributed by atoms with Crippen molar-refractivity contribution in [3.05, 3.63) is 120 Å². The van der Waals surface area contributed by atoms with Gasteiger partial charge >= 0.3 is 0 Å². The first-order chi connectivity index (χ1) is 19.5. The number of imidazole rings is 1. The predicted molar refractivity (Wildman–Crippen MR) is 163 cm³/mol. The molecule has 2 atom stereocenters. The topological polar surface area (TPSA) is 93.3 Å². The Bertz CT molecular complexity index is 1660. The van der Waals surface area contributed by atoms with Crippen LogP contribution >= 0.6 is 24.2 Å². The number of benzene rings is 4. The number of hydrogen-bond donors (Lipinski definition) is 2. The minimum absolute atomic E-state index is 0. The number of halogens is 1. The highest BCUT2D eigenvalue weighted by atomic mass is 35.5. The molecular weight excluding hydrogens is 558 g/mol. The summed E-state index contributed by atoms with van der Waals surface area (Å²) in [4.78, 5) is 31.3. The molecule has 7 nitrogen and oxygen atoms in total. The first-order valence-corrected chi connectivity index (χ1v) is 13.9. The third-order valence-electron chi connectivity index (χ3n) is 6.69. The van der Waals surface area contributed by atoms with Crippen LogP contribution in [0.2, 0.25) is 0 Å². The van der Waals surface area contributed by atoms with Crippen molar-refractivity contribution in [3.63, 3.8) is 0 Å². The van der Waals surface area contributed by atoms with Crippen LogP contribution in [0.25, 0.3) is 11.0 Å². The predicted octanol–water partition coefficient (Wildman–Crippen LogP) is 7.40. The number of imide groups is 1. The average Bonchev–Trinajstić information content (AvgIpc) is 3.53. The lowest BCUT2D eigenvalue weighted by molar-refractivity contribution is -0.118. The van der Waals surface area contributed by atoms with Gasteiger partial charge in [-0.25, -0.2) is 4.98 Å². The minimum Gasteiger partial charge on any atom is -0.483 e. The maximum atomic E-state index is 11.8. The van der Waals surface area contributed by atoms with Crippen LogP contribution in [0, 0.1) is 0 Å². The fourth-order valence-corrected chi connectivity index (χ4v) is 5.47. The van der Waals surface area contributed by atoms with E-state index in [9.17, 15) is 9.59 Å². The van der Waals surface area contributed by atoms with Crippen molar-refractivity contribution >= 4 is 46.3 Å². The van der Waals surface area contributed by atoms with E-state index in [1.54, 1.807) is 0 Å². The second kappa shape index (κ2) is 12.5. The second-order valence-corrected chi connectivity index (χ2v) is 10.9. The highest BCUT2D eigenvalue weighted by Gasteiger charge is 2.31. The zero-order chi connectivity index (χ0) is 27.5. The van der Waals surface area contributed by atoms with Gasteiger partial charge in [0.1, 0.15) is 23.1 Å². The fourth-order valence-electron chi connectivity index (χ4n) is 4.61. The summed E-state index contributed by atoms with van der Waals surface area (Å²) in [5, 5.41) is 1.64. The maximum absolute atomic E-state index is 11.8. The number of fused-ring (bicyclic) bond motifs is 1. The number of H-pyrrole nitrogens is 1. The van der Waals surface area contributed by atoms with E-state index in [0.717, 1.165) is 46.3 Å². The Morgan fingerprint density at radius 3 is 2.20 bits per heavy atom. The number of hydrogen-bond acceptors (Lipinski definition) is 6. The van der Waals surface area contributed by atoms with Gasteiger partial charge in [-0.15, -0.1) is 12.4 Å². The molecule has 2 N–H and O–H groups in total. The Morgan fingerprint density at radius 1 is 0.829 bits per heavy atom. The summed E-state index contributed by atoms with van der Waals surface area (Å²) >= 11 is 1.03. The number of nitrogens with one attached hydrogen (secondary N) is 2. The molecule has 0 bridgehead atoms. The monoisotopic (exact) mass is 585 g/mol. The molecule has 4 aromatic carbocycles. The van der Waals surface area contributed by atoms with Crippen LogP contribution < -0.4 is 14.8 Å². The highest BCUT2D eigenvalue weighted by molar-refractivity contribution is 8.15. The van der Waals surface area contributed by atoms with Gasteiger partial charge in [-0.2, -0.15) is 0 Å². The number of thioether (sulfide) groups is 1. The van der Waals surface area contributed by atoms with Crippen molar-refractivity contribution in [2.24, 2.45) is 0 Å². The summed E-state index contributed by atoms with van der Waals surface area (Å²) in [6.07, 6.45) is 1.06. The van der Waals surface area contributed by atoms with Gasteiger partial charge in [0, 0.05) is 6.07 Å². The van der Waals surface area contributed by atoms with Crippen LogP contribution in [0.3, 0.4) is 0 Å². The Morgan fingerprint density at radius 2 is 1.49 bits per heavy atom. The average molecular weight is 586 g/mol. The van der Waals surface area contributed by atoms with E-state index in [1.807, 2.05) is 67.6 Å². The van der Waals surface area contributed by atoms with Gasteiger partial charge in [-0.3, -0.25) is 14.9 Å². The van der Waals surface area contributed by atoms with E-state index in [-0.39, 0.29) is 34.9 Å². The Labute approximate surface area is 248 Å². The summed E-state index contributed by atoms with van der Waals surface area (Å²) in [7, 11) is 0. The normalized spacial score (nSPS) is 15.3. The lowest BCUT2D eigenvalue weighted by Crippen LogP contribution is -2.25. The Balaban J connectivity index is 0.00000337. The molecule has 1 fully saturated rings. The van der Waals surface area contributed by atoms with E-state index >= 15 is 0 Å². The molecule has 9 heteroatoms. The molecule has 2 amide bonds. The zero-order valence-electron chi connectivity index (χ0n) is 22.2. The van der Waals surface area contributed by atoms with Crippen molar-refractivity contribution in [2.45, 2.75) is 31.1 Å². The largest absolute Gasteiger partial charge is 0.483 e. The van der Waals surface area contributed by atoms with E-state index in [2.05, 4.69) is 46.7 Å². The van der Waals surface area contributed by atoms with Crippen molar-refractivity contribution in [3.8, 4) is 17.2 Å². The minimum atomic E-state index is -0.387. The number of carbonyl (C=O) groups excluding carboxylic acids is 2. The standard InChI is InChI=1S/C32H27N3O4S.ClH/c1-20(38-24-11-9-23(10-12-24)18-29-31(36)35-32(37)40-29)30-33-27-16-15-26(19-28(27)34-30)39-25-13-7-22(8-14-25)17-21-5-3-2-4-6-21;/h2-16,19-20,29H,17-18H2,1H3,(H,33,34)(H,35,36,37);1H. The lowest BCUT2D eigenvalue weighted by atomic mass is 10.1. The van der Waals surface area contributed by atoms with Gasteiger partial charge in [0.2, 0.25) is 5.91 Å². The number of aromatic amines is 1. The number of carbonyl (C=O) groups is 2. The van der Waals surface area contributed by atoms with Gasteiger partial charge in [0.15, 0.2) is 6.10 Å². The molecule has 5 aromatic rings. The third kappa shape index (κ3) is 6.90. The molecule has 2 heterocycles. The number of aromatic nitrogens is 2. The third-order valence-corrected chi connectivity index (χ3v) is 7.67. The molecule has 2 unspecified atom stereocenters. The summed E-state index contributed by atoms with van der Waals surface area (Å²) in [5.74, 6) is 2.66. The van der Waals surface area contributed by atoms with Crippen molar-refractivity contribution in [1.29, 1.82) is 0 Å². The van der Waals surface area contributed by atoms with Crippen LogP contribution in [0.5, 0.6) is 17.2 Å². The summed E-state index contributed by atoms with van der Waals surface area (Å²) in [6, 6.07) is 31.9. The fraction of sp³-hybridized carbons (Fsp3) is 0.156. The molecule has 0 saturated carbocycles. The summed E-state index contributed by atoms with van der Waals surface area (Å²) in [6.45, 7) is 1.94. The molecule has 0 spiro atoms. The molecule has 6 rings (SSSR count). The van der Waals surface area contributed by atoms with Gasteiger partial charge < -0.3 is 14.5 Å². The van der Waals surface area contributed by atoms with Crippen molar-refractivity contribution < 1.29 is 19.1 Å². The SMILES string of the molecule is CC(Oc1ccc(CC2SC(=O)NC2=O)cc1)c1nc2ccc(Oc3ccc(Cc4ccccc4)cc3)cc2[nH]1.Cl. The van der Waals surface area contributed by atoms with Gasteiger partial charge in [-0.05, 0) is 72.9 Å². The van der Waals surface area contributed by atoms with Gasteiger partial charge in [0.05, 0.1) is 16.3 Å². The first kappa shape index (κ1) is 28.3. The number of nitrogens with zero attached hydrogens (tertiary/aromatic N) is 1. The molecule has 208 valence electrons. The van der Waals surface area contributed by atoms with E-state index in [0.29, 0.717) is 18.0 Å². The summed E-state index contributed by atoms with van der Waals surface area (Å²) in [5.41, 5.74) is 5.16. The molecule has 1 aliphatic rings. The van der Waals surface area contributed by atoms with E-state index in [4.69, 9.17) is 14.5 Å². The first-order valence-electron chi connectivity index (χ1n) is 13.1. The molecule has 0 aliphatic carbocycles. The van der Waals surface area contributed by atoms with Gasteiger partial charge in [0.25, 0.3) is 5.24 Å². The van der Waals surface area contributed by atoms with Crippen LogP contribution in [-0.4, -0.2) is 26.4 Å². The van der Waals surface area contributed by atoms with Crippen molar-refractivity contribution in [2.75, 3.05) is 0 Å². The van der Waals surface area contributed by atoms with Crippen molar-refractivity contribution in [1.82, 2.24) is 15.3 Å². The smallest absolute Gasteiger partial charge is 0.286 e. The van der Waals surface area contributed by atoms with Crippen LogP contribution in [0.15, 0.2) is 97.1 Å². The zero-order valence-corrected chi connectivity index (χ0v) is 23.8. The Kier molecular flexibility index (Phi) is 8.61. The quantitative estimate of drug-likeness (QED) is 0.187. The van der Waals surface area contributed by atoms with Crippen LogP contribution in [0.4, 0.5) is 4.79 Å². The Hall–Kier alpha value is -4.27. The highest BCUT2D eigenvalue weighted by Crippen LogP contribution is 2.29. The number of ether oxygens (including phenoxy) is 2. The second-order valence-electron chi connectivity index (χ2n) is 9.70. The van der Waals surface area contributed by atoms with E-state index < -0.39 is 0 Å². The van der Waals surface area contributed by atoms with Gasteiger partial charge in [-0.1, -0.05) is 66.4 Å². The molecule has 41 heavy (non-hydrogen) atoms. The number of amides is 2. The van der Waals surface area contributed by atoms with Crippen LogP contribution in [0.1, 0.15) is 35.5 Å².